The van der Waals surface area contributed by atoms with Gasteiger partial charge in [0.05, 0.1) is 5.39 Å². The summed E-state index contributed by atoms with van der Waals surface area (Å²) in [6.45, 7) is 1.27. The Morgan fingerprint density at radius 2 is 1.73 bits per heavy atom. The normalized spacial score (nSPS) is 14.2. The highest BCUT2D eigenvalue weighted by molar-refractivity contribution is 6.04. The minimum atomic E-state index is -0.272. The second-order valence-electron chi connectivity index (χ2n) is 6.92. The summed E-state index contributed by atoms with van der Waals surface area (Å²) in [4.78, 5) is 27.2. The molecule has 0 saturated heterocycles. The van der Waals surface area contributed by atoms with E-state index < -0.39 is 0 Å². The summed E-state index contributed by atoms with van der Waals surface area (Å²) in [5.74, 6) is 0.421. The van der Waals surface area contributed by atoms with Gasteiger partial charge in [0.25, 0.3) is 11.5 Å². The number of hydrogen-bond acceptors (Lipinski definition) is 3. The van der Waals surface area contributed by atoms with Gasteiger partial charge < -0.3 is 4.90 Å². The first-order chi connectivity index (χ1) is 12.7. The lowest BCUT2D eigenvalue weighted by Gasteiger charge is -2.32. The zero-order valence-electron chi connectivity index (χ0n) is 14.5. The van der Waals surface area contributed by atoms with Gasteiger partial charge in [-0.1, -0.05) is 55.0 Å². The van der Waals surface area contributed by atoms with E-state index in [-0.39, 0.29) is 11.5 Å². The Balaban J connectivity index is 1.69. The zero-order valence-corrected chi connectivity index (χ0v) is 14.5. The molecule has 4 rings (SSSR count). The molecule has 26 heavy (non-hydrogen) atoms. The maximum absolute atomic E-state index is 13.3. The third kappa shape index (κ3) is 3.25. The van der Waals surface area contributed by atoms with E-state index in [2.05, 4.69) is 10.2 Å². The molecule has 0 spiro atoms. The Labute approximate surface area is 151 Å². The van der Waals surface area contributed by atoms with Crippen LogP contribution in [0.15, 0.2) is 59.4 Å². The average Bonchev–Trinajstić information content (AvgIpc) is 2.64. The minimum Gasteiger partial charge on any atom is -0.333 e. The molecule has 3 aromatic rings. The molecule has 1 saturated carbocycles. The van der Waals surface area contributed by atoms with E-state index in [1.54, 1.807) is 18.2 Å². The van der Waals surface area contributed by atoms with Crippen LogP contribution >= 0.6 is 0 Å². The first kappa shape index (κ1) is 16.5. The Morgan fingerprint density at radius 1 is 1.04 bits per heavy atom. The highest BCUT2D eigenvalue weighted by Crippen LogP contribution is 2.28. The van der Waals surface area contributed by atoms with Crippen LogP contribution in [0.5, 0.6) is 0 Å². The molecule has 1 aliphatic carbocycles. The van der Waals surface area contributed by atoms with Gasteiger partial charge in [0, 0.05) is 18.5 Å². The van der Waals surface area contributed by atoms with Gasteiger partial charge in [-0.2, -0.15) is 5.10 Å². The van der Waals surface area contributed by atoms with E-state index >= 15 is 0 Å². The van der Waals surface area contributed by atoms with Crippen molar-refractivity contribution in [3.63, 3.8) is 0 Å². The van der Waals surface area contributed by atoms with Crippen LogP contribution in [0, 0.1) is 5.92 Å². The molecule has 132 valence electrons. The highest BCUT2D eigenvalue weighted by Gasteiger charge is 2.26. The monoisotopic (exact) mass is 347 g/mol. The van der Waals surface area contributed by atoms with Crippen molar-refractivity contribution in [2.24, 2.45) is 5.92 Å². The molecule has 0 radical (unpaired) electrons. The van der Waals surface area contributed by atoms with Crippen molar-refractivity contribution in [2.75, 3.05) is 6.54 Å². The summed E-state index contributed by atoms with van der Waals surface area (Å²) < 4.78 is 0. The quantitative estimate of drug-likeness (QED) is 0.769. The summed E-state index contributed by atoms with van der Waals surface area (Å²) in [5, 5.41) is 7.66. The molecule has 0 atom stereocenters. The number of amides is 1. The molecule has 5 heteroatoms. The number of rotatable bonds is 5. The summed E-state index contributed by atoms with van der Waals surface area (Å²) in [5.41, 5.74) is 1.13. The molecule has 1 heterocycles. The van der Waals surface area contributed by atoms with E-state index in [0.717, 1.165) is 12.1 Å². The topological polar surface area (TPSA) is 66.1 Å². The van der Waals surface area contributed by atoms with Crippen LogP contribution in [-0.2, 0) is 6.54 Å². The molecular formula is C21H21N3O2. The van der Waals surface area contributed by atoms with Crippen LogP contribution in [0.4, 0.5) is 0 Å². The summed E-state index contributed by atoms with van der Waals surface area (Å²) >= 11 is 0. The number of carbonyl (C=O) groups excluding carboxylic acids is 1. The molecule has 1 fully saturated rings. The third-order valence-corrected chi connectivity index (χ3v) is 5.11. The van der Waals surface area contributed by atoms with Crippen LogP contribution in [0.1, 0.15) is 35.3 Å². The van der Waals surface area contributed by atoms with E-state index in [1.807, 2.05) is 41.3 Å². The lowest BCUT2D eigenvalue weighted by Crippen LogP contribution is -2.38. The number of hydrogen-bond donors (Lipinski definition) is 1. The fourth-order valence-corrected chi connectivity index (χ4v) is 3.44. The highest BCUT2D eigenvalue weighted by atomic mass is 16.2. The molecular weight excluding hydrogens is 326 g/mol. The van der Waals surface area contributed by atoms with Gasteiger partial charge in [-0.25, -0.2) is 5.10 Å². The number of fused-ring (bicyclic) bond motifs is 1. The van der Waals surface area contributed by atoms with Crippen molar-refractivity contribution >= 4 is 16.7 Å². The van der Waals surface area contributed by atoms with Crippen molar-refractivity contribution in [2.45, 2.75) is 25.8 Å². The van der Waals surface area contributed by atoms with Crippen LogP contribution in [0.25, 0.3) is 10.8 Å². The molecule has 0 unspecified atom stereocenters. The van der Waals surface area contributed by atoms with Crippen LogP contribution < -0.4 is 5.56 Å². The molecule has 1 aliphatic rings. The summed E-state index contributed by atoms with van der Waals surface area (Å²) in [6.07, 6.45) is 3.56. The van der Waals surface area contributed by atoms with Gasteiger partial charge in [0.2, 0.25) is 0 Å². The summed E-state index contributed by atoms with van der Waals surface area (Å²) in [6, 6.07) is 17.1. The van der Waals surface area contributed by atoms with E-state index in [1.165, 1.54) is 19.3 Å². The van der Waals surface area contributed by atoms with Gasteiger partial charge in [-0.15, -0.1) is 0 Å². The number of nitrogens with one attached hydrogen (secondary N) is 1. The van der Waals surface area contributed by atoms with Gasteiger partial charge in [0.15, 0.2) is 5.69 Å². The number of carbonyl (C=O) groups is 1. The lowest BCUT2D eigenvalue weighted by molar-refractivity contribution is 0.0674. The molecule has 5 nitrogen and oxygen atoms in total. The lowest BCUT2D eigenvalue weighted by atomic mass is 9.85. The molecule has 1 N–H and O–H groups in total. The van der Waals surface area contributed by atoms with Gasteiger partial charge in [-0.05, 0) is 30.4 Å². The average molecular weight is 347 g/mol. The van der Waals surface area contributed by atoms with E-state index in [0.29, 0.717) is 28.9 Å². The maximum atomic E-state index is 13.3. The second-order valence-corrected chi connectivity index (χ2v) is 6.92. The standard InChI is InChI=1S/C21H21N3O2/c25-20-18-12-5-4-11-17(18)19(22-23-20)21(26)24(14-16-9-6-10-16)13-15-7-2-1-3-8-15/h1-5,7-8,11-12,16H,6,9-10,13-14H2,(H,23,25). The number of benzene rings is 2. The Morgan fingerprint density at radius 3 is 2.42 bits per heavy atom. The maximum Gasteiger partial charge on any atom is 0.275 e. The Bertz CT molecular complexity index is 977. The van der Waals surface area contributed by atoms with Gasteiger partial charge in [0.1, 0.15) is 0 Å². The van der Waals surface area contributed by atoms with Crippen LogP contribution in [0.2, 0.25) is 0 Å². The number of aromatic amines is 1. The first-order valence-electron chi connectivity index (χ1n) is 9.03. The van der Waals surface area contributed by atoms with E-state index in [9.17, 15) is 9.59 Å². The van der Waals surface area contributed by atoms with E-state index in [4.69, 9.17) is 0 Å². The Hall–Kier alpha value is -2.95. The van der Waals surface area contributed by atoms with Gasteiger partial charge >= 0.3 is 0 Å². The second kappa shape index (κ2) is 7.12. The molecule has 1 amide bonds. The fraction of sp³-hybridized carbons (Fsp3) is 0.286. The van der Waals surface area contributed by atoms with Crippen molar-refractivity contribution < 1.29 is 4.79 Å². The molecule has 0 bridgehead atoms. The first-order valence-corrected chi connectivity index (χ1v) is 9.03. The molecule has 0 aliphatic heterocycles. The minimum absolute atomic E-state index is 0.131. The number of H-pyrrole nitrogens is 1. The predicted molar refractivity (Wildman–Crippen MR) is 101 cm³/mol. The number of aromatic nitrogens is 2. The van der Waals surface area contributed by atoms with Gasteiger partial charge in [-0.3, -0.25) is 9.59 Å². The van der Waals surface area contributed by atoms with Crippen LogP contribution in [0.3, 0.4) is 0 Å². The molecule has 1 aromatic heterocycles. The Kier molecular flexibility index (Phi) is 4.52. The smallest absolute Gasteiger partial charge is 0.275 e. The van der Waals surface area contributed by atoms with Crippen LogP contribution in [-0.4, -0.2) is 27.5 Å². The zero-order chi connectivity index (χ0) is 17.9. The van der Waals surface area contributed by atoms with Crippen molar-refractivity contribution in [3.05, 3.63) is 76.2 Å². The van der Waals surface area contributed by atoms with Crippen molar-refractivity contribution in [3.8, 4) is 0 Å². The van der Waals surface area contributed by atoms with Crippen molar-refractivity contribution in [1.29, 1.82) is 0 Å². The number of nitrogens with zero attached hydrogens (tertiary/aromatic N) is 2. The third-order valence-electron chi connectivity index (χ3n) is 5.11. The molecule has 2 aromatic carbocycles. The fourth-order valence-electron chi connectivity index (χ4n) is 3.44. The summed E-state index contributed by atoms with van der Waals surface area (Å²) in [7, 11) is 0. The SMILES string of the molecule is O=C(c1n[nH]c(=O)c2ccccc12)N(Cc1ccccc1)CC1CCC1. The van der Waals surface area contributed by atoms with Crippen molar-refractivity contribution in [1.82, 2.24) is 15.1 Å². The predicted octanol–water partition coefficient (Wildman–Crippen LogP) is 3.37. The largest absolute Gasteiger partial charge is 0.333 e.